The smallest absolute Gasteiger partial charge is 0.434 e. The van der Waals surface area contributed by atoms with E-state index in [0.717, 1.165) is 0 Å². The average molecular weight is 192 g/mol. The Labute approximate surface area is 74.7 Å². The SMILES string of the molecule is [CH2]OC(=O)OCCC(C)O[N+](=O)[O-]. The number of ether oxygens (including phenoxy) is 2. The molecular formula is C6H10NO6. The van der Waals surface area contributed by atoms with E-state index in [1.807, 2.05) is 0 Å². The maximum Gasteiger partial charge on any atom is 0.508 e. The monoisotopic (exact) mass is 192 g/mol. The summed E-state index contributed by atoms with van der Waals surface area (Å²) in [4.78, 5) is 24.3. The van der Waals surface area contributed by atoms with E-state index >= 15 is 0 Å². The van der Waals surface area contributed by atoms with Crippen molar-refractivity contribution < 1.29 is 24.2 Å². The van der Waals surface area contributed by atoms with Crippen LogP contribution in [0, 0.1) is 17.2 Å². The molecule has 0 N–H and O–H groups in total. The molecule has 0 heterocycles. The van der Waals surface area contributed by atoms with Crippen molar-refractivity contribution in [1.82, 2.24) is 0 Å². The second-order valence-electron chi connectivity index (χ2n) is 2.17. The third kappa shape index (κ3) is 6.85. The first-order chi connectivity index (χ1) is 6.06. The van der Waals surface area contributed by atoms with Gasteiger partial charge >= 0.3 is 6.16 Å². The van der Waals surface area contributed by atoms with Crippen molar-refractivity contribution in [1.29, 1.82) is 0 Å². The van der Waals surface area contributed by atoms with E-state index < -0.39 is 17.3 Å². The van der Waals surface area contributed by atoms with Gasteiger partial charge in [-0.15, -0.1) is 10.1 Å². The maximum atomic E-state index is 10.3. The molecule has 1 unspecified atom stereocenters. The summed E-state index contributed by atoms with van der Waals surface area (Å²) in [5.74, 6) is 0. The van der Waals surface area contributed by atoms with Gasteiger partial charge in [0.15, 0.2) is 0 Å². The summed E-state index contributed by atoms with van der Waals surface area (Å²) in [5, 5.41) is 8.91. The van der Waals surface area contributed by atoms with Gasteiger partial charge in [0, 0.05) is 6.42 Å². The van der Waals surface area contributed by atoms with Crippen LogP contribution in [0.15, 0.2) is 0 Å². The molecule has 1 radical (unpaired) electrons. The third-order valence-electron chi connectivity index (χ3n) is 1.13. The molecule has 0 saturated heterocycles. The molecule has 0 aromatic heterocycles. The highest BCUT2D eigenvalue weighted by Gasteiger charge is 2.08. The highest BCUT2D eigenvalue weighted by atomic mass is 17.0. The first kappa shape index (κ1) is 11.5. The van der Waals surface area contributed by atoms with Gasteiger partial charge in [0.05, 0.1) is 6.61 Å². The molecule has 0 aliphatic heterocycles. The largest absolute Gasteiger partial charge is 0.508 e. The van der Waals surface area contributed by atoms with Crippen molar-refractivity contribution in [3.8, 4) is 0 Å². The predicted octanol–water partition coefficient (Wildman–Crippen LogP) is 0.918. The summed E-state index contributed by atoms with van der Waals surface area (Å²) in [7, 11) is 2.82. The van der Waals surface area contributed by atoms with E-state index in [2.05, 4.69) is 21.4 Å². The average Bonchev–Trinajstić information content (AvgIpc) is 2.02. The Morgan fingerprint density at radius 2 is 2.31 bits per heavy atom. The summed E-state index contributed by atoms with van der Waals surface area (Å²) in [5.41, 5.74) is 0. The van der Waals surface area contributed by atoms with Crippen LogP contribution in [0.25, 0.3) is 0 Å². The van der Waals surface area contributed by atoms with Crippen molar-refractivity contribution in [2.45, 2.75) is 19.4 Å². The molecular weight excluding hydrogens is 182 g/mol. The molecule has 0 fully saturated rings. The van der Waals surface area contributed by atoms with E-state index in [1.54, 1.807) is 0 Å². The second-order valence-corrected chi connectivity index (χ2v) is 2.17. The molecule has 0 aliphatic carbocycles. The first-order valence-electron chi connectivity index (χ1n) is 3.46. The normalized spacial score (nSPS) is 11.5. The molecule has 0 spiro atoms. The number of hydrogen-bond donors (Lipinski definition) is 0. The molecule has 0 amide bonds. The number of carbonyl (C=O) groups excluding carboxylic acids is 1. The first-order valence-corrected chi connectivity index (χ1v) is 3.46. The lowest BCUT2D eigenvalue weighted by molar-refractivity contribution is -0.767. The van der Waals surface area contributed by atoms with Crippen LogP contribution in [-0.2, 0) is 14.3 Å². The molecule has 13 heavy (non-hydrogen) atoms. The lowest BCUT2D eigenvalue weighted by Gasteiger charge is -2.08. The molecule has 0 bridgehead atoms. The zero-order chi connectivity index (χ0) is 10.3. The Morgan fingerprint density at radius 1 is 1.69 bits per heavy atom. The van der Waals surface area contributed by atoms with Crippen LogP contribution in [0.2, 0.25) is 0 Å². The molecule has 7 nitrogen and oxygen atoms in total. The second kappa shape index (κ2) is 6.04. The molecule has 0 aromatic carbocycles. The van der Waals surface area contributed by atoms with E-state index in [4.69, 9.17) is 0 Å². The number of hydrogen-bond acceptors (Lipinski definition) is 6. The molecule has 0 aromatic rings. The third-order valence-corrected chi connectivity index (χ3v) is 1.13. The summed E-state index contributed by atoms with van der Waals surface area (Å²) in [6.45, 7) is 1.48. The highest BCUT2D eigenvalue weighted by molar-refractivity contribution is 5.59. The summed E-state index contributed by atoms with van der Waals surface area (Å²) in [6, 6.07) is 0. The molecule has 0 saturated carbocycles. The van der Waals surface area contributed by atoms with Crippen molar-refractivity contribution in [3.05, 3.63) is 17.2 Å². The van der Waals surface area contributed by atoms with Crippen LogP contribution in [0.3, 0.4) is 0 Å². The van der Waals surface area contributed by atoms with E-state index in [1.165, 1.54) is 6.92 Å². The fraction of sp³-hybridized carbons (Fsp3) is 0.667. The Morgan fingerprint density at radius 3 is 2.77 bits per heavy atom. The Hall–Kier alpha value is -1.53. The topological polar surface area (TPSA) is 87.9 Å². The fourth-order valence-electron chi connectivity index (χ4n) is 0.550. The Bertz CT molecular complexity index is 182. The zero-order valence-electron chi connectivity index (χ0n) is 7.10. The van der Waals surface area contributed by atoms with Gasteiger partial charge in [0.25, 0.3) is 5.09 Å². The van der Waals surface area contributed by atoms with Crippen LogP contribution in [-0.4, -0.2) is 24.0 Å². The minimum absolute atomic E-state index is 0.0106. The fourth-order valence-corrected chi connectivity index (χ4v) is 0.550. The van der Waals surface area contributed by atoms with E-state index in [0.29, 0.717) is 0 Å². The summed E-state index contributed by atoms with van der Waals surface area (Å²) >= 11 is 0. The summed E-state index contributed by atoms with van der Waals surface area (Å²) in [6.07, 6.45) is -1.32. The van der Waals surface area contributed by atoms with Crippen LogP contribution in [0.1, 0.15) is 13.3 Å². The zero-order valence-corrected chi connectivity index (χ0v) is 7.10. The van der Waals surface area contributed by atoms with Crippen molar-refractivity contribution in [2.75, 3.05) is 6.61 Å². The molecule has 7 heteroatoms. The Kier molecular flexibility index (Phi) is 5.33. The molecule has 0 aliphatic rings. The summed E-state index contributed by atoms with van der Waals surface area (Å²) < 4.78 is 8.34. The Balaban J connectivity index is 3.42. The lowest BCUT2D eigenvalue weighted by atomic mass is 10.3. The van der Waals surface area contributed by atoms with Gasteiger partial charge in [-0.05, 0) is 6.92 Å². The lowest BCUT2D eigenvalue weighted by Crippen LogP contribution is -2.16. The van der Waals surface area contributed by atoms with Gasteiger partial charge in [-0.3, -0.25) is 0 Å². The predicted molar refractivity (Wildman–Crippen MR) is 39.9 cm³/mol. The van der Waals surface area contributed by atoms with E-state index in [9.17, 15) is 14.9 Å². The van der Waals surface area contributed by atoms with Crippen LogP contribution in [0.4, 0.5) is 4.79 Å². The van der Waals surface area contributed by atoms with Gasteiger partial charge in [-0.25, -0.2) is 4.79 Å². The highest BCUT2D eigenvalue weighted by Crippen LogP contribution is 1.98. The maximum absolute atomic E-state index is 10.3. The quantitative estimate of drug-likeness (QED) is 0.365. The van der Waals surface area contributed by atoms with Gasteiger partial charge in [-0.2, -0.15) is 0 Å². The minimum atomic E-state index is -0.923. The molecule has 75 valence electrons. The number of nitrogens with zero attached hydrogens (tertiary/aromatic N) is 1. The van der Waals surface area contributed by atoms with Gasteiger partial charge < -0.3 is 14.3 Å². The van der Waals surface area contributed by atoms with Crippen LogP contribution < -0.4 is 0 Å². The van der Waals surface area contributed by atoms with Crippen molar-refractivity contribution >= 4 is 6.16 Å². The minimum Gasteiger partial charge on any atom is -0.434 e. The van der Waals surface area contributed by atoms with Crippen LogP contribution in [0.5, 0.6) is 0 Å². The standard InChI is InChI=1S/C6H10NO6/c1-5(13-7(9)10)3-4-12-6(8)11-2/h5H,2-4H2,1H3. The molecule has 1 atom stereocenters. The van der Waals surface area contributed by atoms with Gasteiger partial charge in [0.2, 0.25) is 0 Å². The van der Waals surface area contributed by atoms with Gasteiger partial charge in [0.1, 0.15) is 13.2 Å². The number of carbonyl (C=O) groups is 1. The van der Waals surface area contributed by atoms with Crippen molar-refractivity contribution in [3.63, 3.8) is 0 Å². The molecule has 0 rings (SSSR count). The number of rotatable bonds is 5. The van der Waals surface area contributed by atoms with Crippen LogP contribution >= 0.6 is 0 Å². The van der Waals surface area contributed by atoms with Crippen molar-refractivity contribution in [2.24, 2.45) is 0 Å². The van der Waals surface area contributed by atoms with E-state index in [-0.39, 0.29) is 13.0 Å². The van der Waals surface area contributed by atoms with Gasteiger partial charge in [-0.1, -0.05) is 0 Å².